The van der Waals surface area contributed by atoms with Crippen molar-refractivity contribution in [2.24, 2.45) is 5.92 Å². The van der Waals surface area contributed by atoms with Crippen molar-refractivity contribution in [1.29, 1.82) is 0 Å². The van der Waals surface area contributed by atoms with Crippen LogP contribution in [-0.4, -0.2) is 38.6 Å². The fourth-order valence-corrected chi connectivity index (χ4v) is 1.30. The van der Waals surface area contributed by atoms with Gasteiger partial charge < -0.3 is 15.4 Å². The van der Waals surface area contributed by atoms with Gasteiger partial charge in [-0.25, -0.2) is 0 Å². The van der Waals surface area contributed by atoms with Gasteiger partial charge in [0.25, 0.3) is 0 Å². The van der Waals surface area contributed by atoms with Crippen molar-refractivity contribution in [3.63, 3.8) is 0 Å². The van der Waals surface area contributed by atoms with Crippen LogP contribution in [0.3, 0.4) is 0 Å². The minimum Gasteiger partial charge on any atom is -0.368 e. The molecule has 16 heavy (non-hydrogen) atoms. The van der Waals surface area contributed by atoms with Crippen LogP contribution in [0.4, 0.5) is 0 Å². The summed E-state index contributed by atoms with van der Waals surface area (Å²) in [6, 6.07) is 0. The normalized spacial score (nSPS) is 14.0. The van der Waals surface area contributed by atoms with Gasteiger partial charge in [0.15, 0.2) is 0 Å². The molecule has 0 fully saturated rings. The number of carbonyl (C=O) groups excluding carboxylic acids is 2. The largest absolute Gasteiger partial charge is 0.368 e. The van der Waals surface area contributed by atoms with Crippen LogP contribution in [0.25, 0.3) is 0 Å². The smallest absolute Gasteiger partial charge is 0.248 e. The van der Waals surface area contributed by atoms with Gasteiger partial charge in [0.05, 0.1) is 0 Å². The first-order valence-electron chi connectivity index (χ1n) is 5.61. The minimum atomic E-state index is -0.415. The van der Waals surface area contributed by atoms with E-state index in [0.29, 0.717) is 19.4 Å². The Hall–Kier alpha value is -1.10. The molecule has 0 aliphatic heterocycles. The number of hydrogen-bond acceptors (Lipinski definition) is 3. The Morgan fingerprint density at radius 2 is 1.75 bits per heavy atom. The zero-order valence-corrected chi connectivity index (χ0v) is 10.5. The van der Waals surface area contributed by atoms with Crippen LogP contribution < -0.4 is 10.6 Å². The summed E-state index contributed by atoms with van der Waals surface area (Å²) in [6.45, 7) is 4.14. The van der Waals surface area contributed by atoms with Crippen LogP contribution in [0.1, 0.15) is 26.7 Å². The maximum atomic E-state index is 11.3. The third kappa shape index (κ3) is 5.11. The molecule has 94 valence electrons. The molecule has 5 nitrogen and oxygen atoms in total. The zero-order chi connectivity index (χ0) is 12.6. The predicted molar refractivity (Wildman–Crippen MR) is 61.9 cm³/mol. The summed E-state index contributed by atoms with van der Waals surface area (Å²) in [5.74, 6) is -0.209. The summed E-state index contributed by atoms with van der Waals surface area (Å²) in [5, 5.41) is 5.12. The average molecular weight is 230 g/mol. The van der Waals surface area contributed by atoms with Crippen LogP contribution in [0.5, 0.6) is 0 Å². The Bertz CT molecular complexity index is 231. The Morgan fingerprint density at radius 1 is 1.19 bits per heavy atom. The second kappa shape index (κ2) is 8.10. The summed E-state index contributed by atoms with van der Waals surface area (Å²) in [4.78, 5) is 22.5. The molecule has 2 atom stereocenters. The molecule has 0 radical (unpaired) electrons. The number of likely N-dealkylation sites (N-methyl/N-ethyl adjacent to an activating group) is 1. The number of carbonyl (C=O) groups is 2. The number of amides is 2. The van der Waals surface area contributed by atoms with Crippen molar-refractivity contribution >= 4 is 11.8 Å². The monoisotopic (exact) mass is 230 g/mol. The van der Waals surface area contributed by atoms with Crippen LogP contribution in [0.2, 0.25) is 0 Å². The standard InChI is InChI=1S/C11H22N2O3/c1-5-9(11(15)13-4)16-7-6-8(2)10(14)12-3/h8-9H,5-7H2,1-4H3,(H,12,14)(H,13,15). The Morgan fingerprint density at radius 3 is 2.19 bits per heavy atom. The lowest BCUT2D eigenvalue weighted by Gasteiger charge is -2.16. The van der Waals surface area contributed by atoms with E-state index >= 15 is 0 Å². The molecule has 2 unspecified atom stereocenters. The van der Waals surface area contributed by atoms with E-state index < -0.39 is 6.10 Å². The highest BCUT2D eigenvalue weighted by Gasteiger charge is 2.16. The molecule has 0 aromatic carbocycles. The molecular formula is C11H22N2O3. The van der Waals surface area contributed by atoms with Crippen LogP contribution in [0.15, 0.2) is 0 Å². The Kier molecular flexibility index (Phi) is 7.54. The summed E-state index contributed by atoms with van der Waals surface area (Å²) < 4.78 is 5.42. The zero-order valence-electron chi connectivity index (χ0n) is 10.5. The van der Waals surface area contributed by atoms with E-state index in [1.807, 2.05) is 13.8 Å². The minimum absolute atomic E-state index is 0.00316. The highest BCUT2D eigenvalue weighted by atomic mass is 16.5. The summed E-state index contributed by atoms with van der Waals surface area (Å²) >= 11 is 0. The molecule has 0 aliphatic rings. The highest BCUT2D eigenvalue weighted by molar-refractivity contribution is 5.80. The molecule has 2 amide bonds. The van der Waals surface area contributed by atoms with Gasteiger partial charge in [0.1, 0.15) is 6.10 Å². The van der Waals surface area contributed by atoms with Gasteiger partial charge in [-0.1, -0.05) is 13.8 Å². The molecule has 0 heterocycles. The van der Waals surface area contributed by atoms with Crippen LogP contribution in [-0.2, 0) is 14.3 Å². The number of ether oxygens (including phenoxy) is 1. The first-order chi connectivity index (χ1) is 7.56. The van der Waals surface area contributed by atoms with Crippen molar-refractivity contribution in [3.8, 4) is 0 Å². The number of hydrogen-bond donors (Lipinski definition) is 2. The van der Waals surface area contributed by atoms with E-state index in [1.165, 1.54) is 0 Å². The predicted octanol–water partition coefficient (Wildman–Crippen LogP) is 0.300. The molecule has 0 saturated heterocycles. The maximum Gasteiger partial charge on any atom is 0.248 e. The summed E-state index contributed by atoms with van der Waals surface area (Å²) in [5.41, 5.74) is 0. The van der Waals surface area contributed by atoms with Crippen LogP contribution in [0, 0.1) is 5.92 Å². The van der Waals surface area contributed by atoms with E-state index in [1.54, 1.807) is 14.1 Å². The first kappa shape index (κ1) is 14.9. The quantitative estimate of drug-likeness (QED) is 0.661. The fourth-order valence-electron chi connectivity index (χ4n) is 1.30. The van der Waals surface area contributed by atoms with E-state index in [4.69, 9.17) is 4.74 Å². The molecule has 0 spiro atoms. The van der Waals surface area contributed by atoms with E-state index in [-0.39, 0.29) is 17.7 Å². The lowest BCUT2D eigenvalue weighted by atomic mass is 10.1. The first-order valence-corrected chi connectivity index (χ1v) is 5.61. The summed E-state index contributed by atoms with van der Waals surface area (Å²) in [7, 11) is 3.20. The molecule has 0 aliphatic carbocycles. The lowest BCUT2D eigenvalue weighted by Crippen LogP contribution is -2.34. The van der Waals surface area contributed by atoms with Crippen molar-refractivity contribution in [2.45, 2.75) is 32.8 Å². The second-order valence-electron chi connectivity index (χ2n) is 3.69. The van der Waals surface area contributed by atoms with E-state index in [0.717, 1.165) is 0 Å². The van der Waals surface area contributed by atoms with Gasteiger partial charge >= 0.3 is 0 Å². The number of nitrogens with one attached hydrogen (secondary N) is 2. The fraction of sp³-hybridized carbons (Fsp3) is 0.818. The van der Waals surface area contributed by atoms with Crippen molar-refractivity contribution < 1.29 is 14.3 Å². The van der Waals surface area contributed by atoms with Crippen molar-refractivity contribution in [1.82, 2.24) is 10.6 Å². The highest BCUT2D eigenvalue weighted by Crippen LogP contribution is 2.05. The molecule has 0 rings (SSSR count). The maximum absolute atomic E-state index is 11.3. The molecule has 0 bridgehead atoms. The molecule has 0 aromatic rings. The molecule has 5 heteroatoms. The molecule has 0 aromatic heterocycles. The van der Waals surface area contributed by atoms with Gasteiger partial charge in [-0.15, -0.1) is 0 Å². The van der Waals surface area contributed by atoms with Crippen molar-refractivity contribution in [3.05, 3.63) is 0 Å². The van der Waals surface area contributed by atoms with Gasteiger partial charge in [-0.2, -0.15) is 0 Å². The van der Waals surface area contributed by atoms with E-state index in [9.17, 15) is 9.59 Å². The molecule has 2 N–H and O–H groups in total. The second-order valence-corrected chi connectivity index (χ2v) is 3.69. The lowest BCUT2D eigenvalue weighted by molar-refractivity contribution is -0.133. The summed E-state index contributed by atoms with van der Waals surface area (Å²) in [6.07, 6.45) is 0.836. The Balaban J connectivity index is 3.87. The van der Waals surface area contributed by atoms with E-state index in [2.05, 4.69) is 10.6 Å². The Labute approximate surface area is 96.9 Å². The van der Waals surface area contributed by atoms with Gasteiger partial charge in [0.2, 0.25) is 11.8 Å². The molecular weight excluding hydrogens is 208 g/mol. The van der Waals surface area contributed by atoms with Gasteiger partial charge in [-0.05, 0) is 12.8 Å². The number of rotatable bonds is 7. The van der Waals surface area contributed by atoms with Crippen LogP contribution >= 0.6 is 0 Å². The average Bonchev–Trinajstić information content (AvgIpc) is 2.32. The SMILES string of the molecule is CCC(OCCC(C)C(=O)NC)C(=O)NC. The topological polar surface area (TPSA) is 67.4 Å². The van der Waals surface area contributed by atoms with Crippen molar-refractivity contribution in [2.75, 3.05) is 20.7 Å². The third-order valence-corrected chi connectivity index (χ3v) is 2.47. The third-order valence-electron chi connectivity index (χ3n) is 2.47. The van der Waals surface area contributed by atoms with Gasteiger partial charge in [-0.3, -0.25) is 9.59 Å². The van der Waals surface area contributed by atoms with Gasteiger partial charge in [0, 0.05) is 26.6 Å². The molecule has 0 saturated carbocycles.